The highest BCUT2D eigenvalue weighted by Crippen LogP contribution is 2.28. The molecule has 3 aliphatic rings. The smallest absolute Gasteiger partial charge is 0.303 e. The van der Waals surface area contributed by atoms with Gasteiger partial charge in [0.2, 0.25) is 0 Å². The van der Waals surface area contributed by atoms with E-state index in [4.69, 9.17) is 4.74 Å². The number of hydrogen-bond donors (Lipinski definition) is 1. The highest BCUT2D eigenvalue weighted by Gasteiger charge is 2.40. The molecule has 4 nitrogen and oxygen atoms in total. The molecule has 1 spiro atoms. The van der Waals surface area contributed by atoms with Gasteiger partial charge in [0.1, 0.15) is 6.54 Å². The molecule has 1 N–H and O–H groups in total. The molecule has 0 amide bonds. The third-order valence-corrected chi connectivity index (χ3v) is 5.29. The van der Waals surface area contributed by atoms with Crippen LogP contribution in [0.3, 0.4) is 0 Å². The summed E-state index contributed by atoms with van der Waals surface area (Å²) in [6, 6.07) is 0. The van der Waals surface area contributed by atoms with Gasteiger partial charge < -0.3 is 31.3 Å². The molecule has 1 saturated carbocycles. The van der Waals surface area contributed by atoms with E-state index in [0.717, 1.165) is 25.8 Å². The third kappa shape index (κ3) is 6.17. The second kappa shape index (κ2) is 8.65. The van der Waals surface area contributed by atoms with E-state index in [9.17, 15) is 9.90 Å². The largest absolute Gasteiger partial charge is 1.00 e. The first-order chi connectivity index (χ1) is 9.91. The zero-order valence-electron chi connectivity index (χ0n) is 14.2. The number of nitrogens with zero attached hydrogens (tertiary/aromatic N) is 1. The first kappa shape index (κ1) is 19.9. The van der Waals surface area contributed by atoms with Crippen molar-refractivity contribution in [3.05, 3.63) is 0 Å². The molecule has 0 aromatic rings. The van der Waals surface area contributed by atoms with E-state index in [2.05, 4.69) is 0 Å². The van der Waals surface area contributed by atoms with E-state index < -0.39 is 0 Å². The Kier molecular flexibility index (Phi) is 7.83. The first-order valence-electron chi connectivity index (χ1n) is 8.66. The maximum atomic E-state index is 10.8. The Bertz CT molecular complexity index is 346. The van der Waals surface area contributed by atoms with E-state index in [1.54, 1.807) is 0 Å². The molecule has 0 aromatic carbocycles. The number of aliphatic hydroxyl groups is 1. The molecule has 3 fully saturated rings. The number of ether oxygens (including phenoxy) is 1. The third-order valence-electron chi connectivity index (χ3n) is 5.29. The normalized spacial score (nSPS) is 28.4. The summed E-state index contributed by atoms with van der Waals surface area (Å²) in [5.74, 6) is -0.118. The van der Waals surface area contributed by atoms with Crippen molar-refractivity contribution in [3.63, 3.8) is 0 Å². The van der Waals surface area contributed by atoms with E-state index in [1.165, 1.54) is 63.1 Å². The summed E-state index contributed by atoms with van der Waals surface area (Å²) < 4.78 is 6.50. The molecule has 2 aliphatic heterocycles. The second-order valence-corrected chi connectivity index (χ2v) is 7.48. The summed E-state index contributed by atoms with van der Waals surface area (Å²) in [6.45, 7) is 8.33. The molecule has 1 unspecified atom stereocenters. The van der Waals surface area contributed by atoms with Gasteiger partial charge in [0, 0.05) is 13.3 Å². The summed E-state index contributed by atoms with van der Waals surface area (Å²) >= 11 is 0. The Labute approximate surface area is 145 Å². The number of hydrogen-bond acceptors (Lipinski definition) is 3. The van der Waals surface area contributed by atoms with Crippen LogP contribution in [0.5, 0.6) is 0 Å². The van der Waals surface area contributed by atoms with Crippen molar-refractivity contribution in [2.24, 2.45) is 0 Å². The number of piperidine rings is 1. The SMILES string of the molecule is CC(=O)OC1CC[N+]2(CCCCC2)C1.CC1(O)CCCC1.[Br-]. The van der Waals surface area contributed by atoms with Crippen LogP contribution in [0.25, 0.3) is 0 Å². The molecule has 3 rings (SSSR count). The van der Waals surface area contributed by atoms with Crippen LogP contribution in [0, 0.1) is 0 Å². The van der Waals surface area contributed by atoms with Gasteiger partial charge >= 0.3 is 5.97 Å². The fraction of sp³-hybridized carbons (Fsp3) is 0.941. The van der Waals surface area contributed by atoms with Crippen LogP contribution in [0.4, 0.5) is 0 Å². The molecule has 5 heteroatoms. The number of esters is 1. The molecule has 0 radical (unpaired) electrons. The summed E-state index contributed by atoms with van der Waals surface area (Å²) in [6.07, 6.45) is 9.81. The Morgan fingerprint density at radius 3 is 2.14 bits per heavy atom. The van der Waals surface area contributed by atoms with Gasteiger partial charge in [-0.15, -0.1) is 0 Å². The monoisotopic (exact) mass is 377 g/mol. The second-order valence-electron chi connectivity index (χ2n) is 7.48. The molecule has 1 atom stereocenters. The lowest BCUT2D eigenvalue weighted by molar-refractivity contribution is -0.922. The highest BCUT2D eigenvalue weighted by molar-refractivity contribution is 5.66. The maximum absolute atomic E-state index is 10.8. The maximum Gasteiger partial charge on any atom is 0.303 e. The average Bonchev–Trinajstić information content (AvgIpc) is 2.97. The fourth-order valence-electron chi connectivity index (χ4n) is 4.09. The van der Waals surface area contributed by atoms with Gasteiger partial charge in [0.05, 0.1) is 25.2 Å². The minimum Gasteiger partial charge on any atom is -1.00 e. The predicted molar refractivity (Wildman–Crippen MR) is 82.8 cm³/mol. The zero-order chi connectivity index (χ0) is 15.3. The fourth-order valence-corrected chi connectivity index (χ4v) is 4.09. The van der Waals surface area contributed by atoms with Gasteiger partial charge in [-0.05, 0) is 39.0 Å². The lowest BCUT2D eigenvalue weighted by Gasteiger charge is -2.37. The number of halogens is 1. The van der Waals surface area contributed by atoms with Crippen molar-refractivity contribution in [3.8, 4) is 0 Å². The van der Waals surface area contributed by atoms with Crippen LogP contribution < -0.4 is 17.0 Å². The van der Waals surface area contributed by atoms with Gasteiger partial charge in [-0.25, -0.2) is 0 Å². The Morgan fingerprint density at radius 1 is 1.09 bits per heavy atom. The van der Waals surface area contributed by atoms with Gasteiger partial charge in [-0.3, -0.25) is 4.79 Å². The lowest BCUT2D eigenvalue weighted by atomic mass is 10.1. The summed E-state index contributed by atoms with van der Waals surface area (Å²) in [7, 11) is 0. The molecule has 2 saturated heterocycles. The van der Waals surface area contributed by atoms with Crippen LogP contribution >= 0.6 is 0 Å². The minimum absolute atomic E-state index is 0. The Morgan fingerprint density at radius 2 is 1.68 bits per heavy atom. The average molecular weight is 378 g/mol. The Balaban J connectivity index is 0.000000258. The van der Waals surface area contributed by atoms with Crippen LogP contribution in [0.1, 0.15) is 65.2 Å². The first-order valence-corrected chi connectivity index (χ1v) is 8.66. The molecular formula is C17H32BrNO3. The molecule has 1 aliphatic carbocycles. The van der Waals surface area contributed by atoms with Crippen LogP contribution in [0.15, 0.2) is 0 Å². The molecule has 0 aromatic heterocycles. The molecular weight excluding hydrogens is 346 g/mol. The number of quaternary nitrogens is 1. The zero-order valence-corrected chi connectivity index (χ0v) is 15.7. The van der Waals surface area contributed by atoms with Crippen molar-refractivity contribution >= 4 is 5.97 Å². The van der Waals surface area contributed by atoms with Crippen LogP contribution in [0.2, 0.25) is 0 Å². The molecule has 2 heterocycles. The summed E-state index contributed by atoms with van der Waals surface area (Å²) in [4.78, 5) is 10.8. The molecule has 0 bridgehead atoms. The highest BCUT2D eigenvalue weighted by atomic mass is 79.9. The van der Waals surface area contributed by atoms with Crippen molar-refractivity contribution in [1.82, 2.24) is 0 Å². The van der Waals surface area contributed by atoms with Crippen molar-refractivity contribution < 1.29 is 36.1 Å². The molecule has 22 heavy (non-hydrogen) atoms. The summed E-state index contributed by atoms with van der Waals surface area (Å²) in [5.41, 5.74) is -0.306. The van der Waals surface area contributed by atoms with Gasteiger partial charge in [-0.2, -0.15) is 0 Å². The molecule has 130 valence electrons. The Hall–Kier alpha value is -0.130. The van der Waals surface area contributed by atoms with Crippen molar-refractivity contribution in [1.29, 1.82) is 0 Å². The predicted octanol–water partition coefficient (Wildman–Crippen LogP) is -0.362. The lowest BCUT2D eigenvalue weighted by Crippen LogP contribution is -3.00. The van der Waals surface area contributed by atoms with E-state index >= 15 is 0 Å². The number of carbonyl (C=O) groups is 1. The van der Waals surface area contributed by atoms with E-state index in [0.29, 0.717) is 0 Å². The van der Waals surface area contributed by atoms with Crippen LogP contribution in [-0.2, 0) is 9.53 Å². The van der Waals surface area contributed by atoms with Crippen LogP contribution in [-0.4, -0.2) is 53.4 Å². The summed E-state index contributed by atoms with van der Waals surface area (Å²) in [5, 5.41) is 9.19. The number of rotatable bonds is 1. The van der Waals surface area contributed by atoms with Gasteiger partial charge in [0.25, 0.3) is 0 Å². The van der Waals surface area contributed by atoms with Crippen molar-refractivity contribution in [2.45, 2.75) is 76.9 Å². The standard InChI is InChI=1S/C11H20NO2.C6H12O.BrH/c1-10(13)14-11-5-8-12(9-11)6-3-2-4-7-12;1-6(7)4-2-3-5-6;/h11H,2-9H2,1H3;7H,2-5H2,1H3;1H/q+1;;/p-1. The number of carbonyl (C=O) groups excluding carboxylic acids is 1. The minimum atomic E-state index is -0.306. The van der Waals surface area contributed by atoms with E-state index in [1.807, 2.05) is 6.92 Å². The van der Waals surface area contributed by atoms with Gasteiger partial charge in [-0.1, -0.05) is 12.8 Å². The van der Waals surface area contributed by atoms with Gasteiger partial charge in [0.15, 0.2) is 6.10 Å². The van der Waals surface area contributed by atoms with E-state index in [-0.39, 0.29) is 34.7 Å². The quantitative estimate of drug-likeness (QED) is 0.501. The van der Waals surface area contributed by atoms with Crippen molar-refractivity contribution in [2.75, 3.05) is 26.2 Å². The topological polar surface area (TPSA) is 46.5 Å².